The van der Waals surface area contributed by atoms with Gasteiger partial charge in [0.15, 0.2) is 0 Å². The highest BCUT2D eigenvalue weighted by atomic mass is 16.5. The van der Waals surface area contributed by atoms with Gasteiger partial charge < -0.3 is 15.0 Å². The second-order valence-corrected chi connectivity index (χ2v) is 6.40. The van der Waals surface area contributed by atoms with Gasteiger partial charge in [-0.05, 0) is 49.2 Å². The zero-order valence-corrected chi connectivity index (χ0v) is 16.5. The molecule has 6 nitrogen and oxygen atoms in total. The van der Waals surface area contributed by atoms with E-state index in [1.807, 2.05) is 18.7 Å². The van der Waals surface area contributed by atoms with Gasteiger partial charge in [-0.2, -0.15) is 0 Å². The Morgan fingerprint density at radius 1 is 0.893 bits per heavy atom. The molecule has 0 bridgehead atoms. The van der Waals surface area contributed by atoms with E-state index in [-0.39, 0.29) is 11.8 Å². The van der Waals surface area contributed by atoms with Gasteiger partial charge in [0, 0.05) is 29.9 Å². The van der Waals surface area contributed by atoms with Crippen LogP contribution in [-0.2, 0) is 4.74 Å². The molecule has 0 saturated heterocycles. The Balaban J connectivity index is 2.17. The first-order valence-electron chi connectivity index (χ1n) is 9.39. The van der Waals surface area contributed by atoms with E-state index < -0.39 is 5.97 Å². The molecule has 0 aliphatic rings. The monoisotopic (exact) mass is 382 g/mol. The normalized spacial score (nSPS) is 10.2. The van der Waals surface area contributed by atoms with E-state index in [0.29, 0.717) is 35.5 Å². The van der Waals surface area contributed by atoms with Crippen molar-refractivity contribution in [2.45, 2.75) is 26.7 Å². The van der Waals surface area contributed by atoms with Crippen LogP contribution in [0.25, 0.3) is 0 Å². The van der Waals surface area contributed by atoms with Crippen molar-refractivity contribution in [1.29, 1.82) is 0 Å². The van der Waals surface area contributed by atoms with Crippen LogP contribution in [0.2, 0.25) is 0 Å². The van der Waals surface area contributed by atoms with Gasteiger partial charge in [-0.1, -0.05) is 26.0 Å². The molecule has 0 fully saturated rings. The van der Waals surface area contributed by atoms with Crippen molar-refractivity contribution >= 4 is 23.5 Å². The van der Waals surface area contributed by atoms with Gasteiger partial charge >= 0.3 is 5.97 Å². The number of hydrogen-bond donors (Lipinski definition) is 1. The number of rotatable bonds is 8. The summed E-state index contributed by atoms with van der Waals surface area (Å²) in [5.41, 5.74) is 1.68. The first kappa shape index (κ1) is 21.2. The number of ether oxygens (including phenoxy) is 1. The van der Waals surface area contributed by atoms with Gasteiger partial charge in [-0.3, -0.25) is 9.59 Å². The quantitative estimate of drug-likeness (QED) is 0.701. The molecule has 0 aliphatic heterocycles. The minimum Gasteiger partial charge on any atom is -0.465 e. The van der Waals surface area contributed by atoms with E-state index in [4.69, 9.17) is 0 Å². The fourth-order valence-corrected chi connectivity index (χ4v) is 2.88. The highest BCUT2D eigenvalue weighted by molar-refractivity contribution is 6.06. The third-order valence-corrected chi connectivity index (χ3v) is 4.19. The lowest BCUT2D eigenvalue weighted by Gasteiger charge is -2.21. The van der Waals surface area contributed by atoms with Crippen LogP contribution in [0.4, 0.5) is 5.69 Å². The second kappa shape index (κ2) is 10.3. The van der Waals surface area contributed by atoms with Crippen molar-refractivity contribution in [3.63, 3.8) is 0 Å². The lowest BCUT2D eigenvalue weighted by Crippen LogP contribution is -2.32. The number of nitrogens with one attached hydrogen (secondary N) is 1. The number of amides is 2. The Bertz CT molecular complexity index is 842. The number of anilines is 1. The van der Waals surface area contributed by atoms with Gasteiger partial charge in [-0.15, -0.1) is 0 Å². The van der Waals surface area contributed by atoms with Crippen LogP contribution in [0.3, 0.4) is 0 Å². The summed E-state index contributed by atoms with van der Waals surface area (Å²) in [7, 11) is 1.29. The van der Waals surface area contributed by atoms with E-state index in [9.17, 15) is 14.4 Å². The summed E-state index contributed by atoms with van der Waals surface area (Å²) in [5, 5.41) is 2.78. The minimum atomic E-state index is -0.505. The number of nitrogens with zero attached hydrogens (tertiary/aromatic N) is 1. The molecule has 0 atom stereocenters. The molecule has 0 aromatic heterocycles. The third kappa shape index (κ3) is 5.42. The predicted octanol–water partition coefficient (Wildman–Crippen LogP) is 3.99. The number of benzene rings is 2. The maximum Gasteiger partial charge on any atom is 0.337 e. The number of esters is 1. The van der Waals surface area contributed by atoms with Crippen LogP contribution >= 0.6 is 0 Å². The van der Waals surface area contributed by atoms with Crippen molar-refractivity contribution in [1.82, 2.24) is 4.90 Å². The zero-order chi connectivity index (χ0) is 20.5. The molecule has 0 heterocycles. The molecular weight excluding hydrogens is 356 g/mol. The minimum absolute atomic E-state index is 0.0486. The van der Waals surface area contributed by atoms with Crippen molar-refractivity contribution in [2.75, 3.05) is 25.5 Å². The van der Waals surface area contributed by atoms with Crippen molar-refractivity contribution in [2.24, 2.45) is 0 Å². The number of hydrogen-bond acceptors (Lipinski definition) is 4. The van der Waals surface area contributed by atoms with Crippen molar-refractivity contribution in [3.8, 4) is 0 Å². The van der Waals surface area contributed by atoms with Crippen LogP contribution in [0.1, 0.15) is 57.8 Å². The molecule has 2 aromatic carbocycles. The van der Waals surface area contributed by atoms with E-state index in [1.165, 1.54) is 13.2 Å². The molecule has 0 spiro atoms. The summed E-state index contributed by atoms with van der Waals surface area (Å²) in [4.78, 5) is 38.7. The Kier molecular flexibility index (Phi) is 7.75. The highest BCUT2D eigenvalue weighted by Crippen LogP contribution is 2.15. The van der Waals surface area contributed by atoms with Gasteiger partial charge in [0.25, 0.3) is 11.8 Å². The Morgan fingerprint density at radius 2 is 1.50 bits per heavy atom. The molecule has 1 N–H and O–H groups in total. The average Bonchev–Trinajstić information content (AvgIpc) is 2.72. The smallest absolute Gasteiger partial charge is 0.337 e. The largest absolute Gasteiger partial charge is 0.465 e. The molecule has 0 saturated carbocycles. The summed E-state index contributed by atoms with van der Waals surface area (Å²) in [6.07, 6.45) is 1.78. The molecule has 6 heteroatoms. The van der Waals surface area contributed by atoms with E-state index in [0.717, 1.165) is 12.8 Å². The van der Waals surface area contributed by atoms with Gasteiger partial charge in [-0.25, -0.2) is 4.79 Å². The van der Waals surface area contributed by atoms with Crippen LogP contribution in [0.15, 0.2) is 48.5 Å². The summed E-state index contributed by atoms with van der Waals surface area (Å²) >= 11 is 0. The lowest BCUT2D eigenvalue weighted by molar-refractivity contribution is 0.0600. The van der Waals surface area contributed by atoms with Crippen LogP contribution in [0, 0.1) is 0 Å². The number of carbonyl (C=O) groups is 3. The first-order valence-corrected chi connectivity index (χ1v) is 9.39. The van der Waals surface area contributed by atoms with Gasteiger partial charge in [0.1, 0.15) is 0 Å². The maximum atomic E-state index is 12.7. The van der Waals surface area contributed by atoms with Crippen LogP contribution in [-0.4, -0.2) is 42.9 Å². The summed E-state index contributed by atoms with van der Waals surface area (Å²) < 4.78 is 4.68. The zero-order valence-electron chi connectivity index (χ0n) is 16.5. The van der Waals surface area contributed by atoms with Crippen LogP contribution < -0.4 is 5.32 Å². The summed E-state index contributed by atoms with van der Waals surface area (Å²) in [6, 6.07) is 13.2. The van der Waals surface area contributed by atoms with E-state index in [2.05, 4.69) is 10.1 Å². The molecule has 148 valence electrons. The molecule has 28 heavy (non-hydrogen) atoms. The fraction of sp³-hybridized carbons (Fsp3) is 0.318. The number of carbonyl (C=O) groups excluding carboxylic acids is 3. The number of methoxy groups -OCH3 is 1. The highest BCUT2D eigenvalue weighted by Gasteiger charge is 2.16. The van der Waals surface area contributed by atoms with Gasteiger partial charge in [0.05, 0.1) is 12.7 Å². The van der Waals surface area contributed by atoms with Gasteiger partial charge in [0.2, 0.25) is 0 Å². The third-order valence-electron chi connectivity index (χ3n) is 4.19. The topological polar surface area (TPSA) is 75.7 Å². The summed E-state index contributed by atoms with van der Waals surface area (Å²) in [6.45, 7) is 5.47. The summed E-state index contributed by atoms with van der Waals surface area (Å²) in [5.74, 6) is -0.920. The molecule has 2 aromatic rings. The second-order valence-electron chi connectivity index (χ2n) is 6.40. The molecule has 0 aliphatic carbocycles. The molecule has 0 unspecified atom stereocenters. The standard InChI is InChI=1S/C22H26N2O4/c1-4-12-24(13-5-2)21(26)17-9-7-11-19(15-17)23-20(25)16-8-6-10-18(14-16)22(27)28-3/h6-11,14-15H,4-5,12-13H2,1-3H3,(H,23,25). The first-order chi connectivity index (χ1) is 13.5. The Hall–Kier alpha value is -3.15. The molecule has 2 rings (SSSR count). The van der Waals surface area contributed by atoms with Crippen molar-refractivity contribution in [3.05, 3.63) is 65.2 Å². The molecular formula is C22H26N2O4. The van der Waals surface area contributed by atoms with E-state index >= 15 is 0 Å². The average molecular weight is 382 g/mol. The Labute approximate surface area is 165 Å². The maximum absolute atomic E-state index is 12.7. The molecule has 0 radical (unpaired) electrons. The van der Waals surface area contributed by atoms with Crippen LogP contribution in [0.5, 0.6) is 0 Å². The predicted molar refractivity (Wildman–Crippen MR) is 109 cm³/mol. The lowest BCUT2D eigenvalue weighted by atomic mass is 10.1. The Morgan fingerprint density at radius 3 is 2.14 bits per heavy atom. The fourth-order valence-electron chi connectivity index (χ4n) is 2.88. The molecule has 2 amide bonds. The SMILES string of the molecule is CCCN(CCC)C(=O)c1cccc(NC(=O)c2cccc(C(=O)OC)c2)c1. The van der Waals surface area contributed by atoms with E-state index in [1.54, 1.807) is 42.5 Å². The van der Waals surface area contributed by atoms with Crippen molar-refractivity contribution < 1.29 is 19.1 Å².